The molecule has 1 saturated carbocycles. The van der Waals surface area contributed by atoms with Crippen molar-refractivity contribution in [1.82, 2.24) is 9.55 Å². The smallest absolute Gasteiger partial charge is 0.0951 e. The fraction of sp³-hybridized carbons (Fsp3) is 0.769. The van der Waals surface area contributed by atoms with Gasteiger partial charge in [-0.1, -0.05) is 33.1 Å². The van der Waals surface area contributed by atoms with Gasteiger partial charge in [0.15, 0.2) is 0 Å². The summed E-state index contributed by atoms with van der Waals surface area (Å²) in [6.45, 7) is 4.34. The molecular formula is C13H23N3. The van der Waals surface area contributed by atoms with Gasteiger partial charge in [0, 0.05) is 18.3 Å². The Morgan fingerprint density at radius 1 is 1.31 bits per heavy atom. The van der Waals surface area contributed by atoms with Crippen molar-refractivity contribution >= 4 is 0 Å². The zero-order valence-corrected chi connectivity index (χ0v) is 10.4. The fourth-order valence-electron chi connectivity index (χ4n) is 2.58. The molecule has 1 atom stereocenters. The van der Waals surface area contributed by atoms with Crippen LogP contribution in [0.5, 0.6) is 0 Å². The number of nitrogens with two attached hydrogens (primary N) is 1. The molecule has 0 aromatic carbocycles. The highest BCUT2D eigenvalue weighted by Gasteiger charge is 2.21. The number of imidazole rings is 1. The molecule has 16 heavy (non-hydrogen) atoms. The van der Waals surface area contributed by atoms with Gasteiger partial charge in [0.25, 0.3) is 0 Å². The van der Waals surface area contributed by atoms with Crippen LogP contribution in [0.4, 0.5) is 0 Å². The molecule has 2 rings (SSSR count). The molecule has 90 valence electrons. The second-order valence-electron chi connectivity index (χ2n) is 5.29. The number of nitrogens with zero attached hydrogens (tertiary/aromatic N) is 2. The summed E-state index contributed by atoms with van der Waals surface area (Å²) in [5.41, 5.74) is 7.44. The van der Waals surface area contributed by atoms with Crippen molar-refractivity contribution in [2.24, 2.45) is 11.7 Å². The topological polar surface area (TPSA) is 43.8 Å². The van der Waals surface area contributed by atoms with E-state index in [-0.39, 0.29) is 6.04 Å². The van der Waals surface area contributed by atoms with Gasteiger partial charge in [0.05, 0.1) is 12.0 Å². The van der Waals surface area contributed by atoms with E-state index in [4.69, 9.17) is 5.73 Å². The highest BCUT2D eigenvalue weighted by Crippen LogP contribution is 2.31. The van der Waals surface area contributed by atoms with E-state index in [1.165, 1.54) is 37.8 Å². The summed E-state index contributed by atoms with van der Waals surface area (Å²) in [6.07, 6.45) is 10.6. The molecule has 0 radical (unpaired) electrons. The summed E-state index contributed by atoms with van der Waals surface area (Å²) in [4.78, 5) is 4.28. The minimum absolute atomic E-state index is 0.115. The lowest BCUT2D eigenvalue weighted by atomic mass is 9.94. The van der Waals surface area contributed by atoms with E-state index in [1.807, 2.05) is 12.5 Å². The van der Waals surface area contributed by atoms with E-state index in [0.717, 1.165) is 0 Å². The molecule has 1 aliphatic carbocycles. The standard InChI is InChI=1S/C13H23N3/c1-10(2)13(14)12-8-15-9-16(12)11-6-4-3-5-7-11/h8-11,13H,3-7,14H2,1-2H3. The molecule has 0 bridgehead atoms. The van der Waals surface area contributed by atoms with Crippen LogP contribution in [0.25, 0.3) is 0 Å². The molecule has 0 aliphatic heterocycles. The van der Waals surface area contributed by atoms with Crippen LogP contribution in [0.3, 0.4) is 0 Å². The first kappa shape index (κ1) is 11.6. The highest BCUT2D eigenvalue weighted by atomic mass is 15.1. The van der Waals surface area contributed by atoms with Crippen LogP contribution in [0.15, 0.2) is 12.5 Å². The summed E-state index contributed by atoms with van der Waals surface area (Å²) < 4.78 is 2.32. The predicted molar refractivity (Wildman–Crippen MR) is 66.1 cm³/mol. The minimum atomic E-state index is 0.115. The molecule has 1 heterocycles. The van der Waals surface area contributed by atoms with Gasteiger partial charge in [0.2, 0.25) is 0 Å². The van der Waals surface area contributed by atoms with E-state index < -0.39 is 0 Å². The molecule has 3 heteroatoms. The second-order valence-corrected chi connectivity index (χ2v) is 5.29. The highest BCUT2D eigenvalue weighted by molar-refractivity contribution is 5.07. The summed E-state index contributed by atoms with van der Waals surface area (Å²) in [5, 5.41) is 0. The average molecular weight is 221 g/mol. The van der Waals surface area contributed by atoms with E-state index >= 15 is 0 Å². The van der Waals surface area contributed by atoms with Crippen LogP contribution in [0.2, 0.25) is 0 Å². The minimum Gasteiger partial charge on any atom is -0.330 e. The van der Waals surface area contributed by atoms with Crippen molar-refractivity contribution in [3.63, 3.8) is 0 Å². The number of aromatic nitrogens is 2. The maximum absolute atomic E-state index is 6.23. The molecule has 3 nitrogen and oxygen atoms in total. The van der Waals surface area contributed by atoms with Gasteiger partial charge in [-0.25, -0.2) is 4.98 Å². The molecule has 1 aromatic heterocycles. The van der Waals surface area contributed by atoms with Crippen LogP contribution in [0, 0.1) is 5.92 Å². The number of hydrogen-bond donors (Lipinski definition) is 1. The van der Waals surface area contributed by atoms with Gasteiger partial charge in [-0.3, -0.25) is 0 Å². The third-order valence-corrected chi connectivity index (χ3v) is 3.72. The lowest BCUT2D eigenvalue weighted by molar-refractivity contribution is 0.335. The van der Waals surface area contributed by atoms with Crippen LogP contribution < -0.4 is 5.73 Å². The fourth-order valence-corrected chi connectivity index (χ4v) is 2.58. The zero-order valence-electron chi connectivity index (χ0n) is 10.4. The van der Waals surface area contributed by atoms with E-state index in [2.05, 4.69) is 23.4 Å². The molecule has 1 fully saturated rings. The third-order valence-electron chi connectivity index (χ3n) is 3.72. The van der Waals surface area contributed by atoms with Crippen LogP contribution in [0.1, 0.15) is 63.7 Å². The lowest BCUT2D eigenvalue weighted by Crippen LogP contribution is -2.23. The SMILES string of the molecule is CC(C)C(N)c1cncn1C1CCCCC1. The molecule has 0 amide bonds. The Bertz CT molecular complexity index is 324. The maximum Gasteiger partial charge on any atom is 0.0951 e. The Balaban J connectivity index is 2.17. The Labute approximate surface area is 98.1 Å². The molecule has 1 aliphatic rings. The van der Waals surface area contributed by atoms with E-state index in [0.29, 0.717) is 12.0 Å². The zero-order chi connectivity index (χ0) is 11.5. The Morgan fingerprint density at radius 3 is 2.62 bits per heavy atom. The summed E-state index contributed by atoms with van der Waals surface area (Å²) in [5.74, 6) is 0.471. The van der Waals surface area contributed by atoms with Crippen molar-refractivity contribution in [2.75, 3.05) is 0 Å². The average Bonchev–Trinajstić information content (AvgIpc) is 2.77. The lowest BCUT2D eigenvalue weighted by Gasteiger charge is -2.27. The molecule has 0 spiro atoms. The van der Waals surface area contributed by atoms with E-state index in [1.54, 1.807) is 0 Å². The Morgan fingerprint density at radius 2 is 2.00 bits per heavy atom. The molecule has 0 saturated heterocycles. The Hall–Kier alpha value is -0.830. The van der Waals surface area contributed by atoms with Crippen molar-refractivity contribution in [2.45, 2.75) is 58.0 Å². The monoisotopic (exact) mass is 221 g/mol. The predicted octanol–water partition coefficient (Wildman–Crippen LogP) is 3.04. The number of rotatable bonds is 3. The van der Waals surface area contributed by atoms with Crippen molar-refractivity contribution in [3.05, 3.63) is 18.2 Å². The molecule has 1 unspecified atom stereocenters. The first-order valence-electron chi connectivity index (χ1n) is 6.47. The van der Waals surface area contributed by atoms with Crippen molar-refractivity contribution in [3.8, 4) is 0 Å². The summed E-state index contributed by atoms with van der Waals surface area (Å²) >= 11 is 0. The molecule has 1 aromatic rings. The first-order chi connectivity index (χ1) is 7.70. The van der Waals surface area contributed by atoms with Crippen LogP contribution in [-0.2, 0) is 0 Å². The summed E-state index contributed by atoms with van der Waals surface area (Å²) in [6, 6.07) is 0.750. The summed E-state index contributed by atoms with van der Waals surface area (Å²) in [7, 11) is 0. The van der Waals surface area contributed by atoms with Crippen molar-refractivity contribution < 1.29 is 0 Å². The molecular weight excluding hydrogens is 198 g/mol. The van der Waals surface area contributed by atoms with Gasteiger partial charge in [0.1, 0.15) is 0 Å². The van der Waals surface area contributed by atoms with Crippen LogP contribution >= 0.6 is 0 Å². The maximum atomic E-state index is 6.23. The quantitative estimate of drug-likeness (QED) is 0.852. The van der Waals surface area contributed by atoms with Gasteiger partial charge in [-0.15, -0.1) is 0 Å². The third kappa shape index (κ3) is 2.29. The largest absolute Gasteiger partial charge is 0.330 e. The molecule has 2 N–H and O–H groups in total. The number of hydrogen-bond acceptors (Lipinski definition) is 2. The second kappa shape index (κ2) is 5.00. The first-order valence-corrected chi connectivity index (χ1v) is 6.47. The van der Waals surface area contributed by atoms with Crippen molar-refractivity contribution in [1.29, 1.82) is 0 Å². The van der Waals surface area contributed by atoms with Gasteiger partial charge in [-0.2, -0.15) is 0 Å². The normalized spacial score (nSPS) is 20.2. The van der Waals surface area contributed by atoms with Gasteiger partial charge >= 0.3 is 0 Å². The van der Waals surface area contributed by atoms with Crippen LogP contribution in [-0.4, -0.2) is 9.55 Å². The van der Waals surface area contributed by atoms with E-state index in [9.17, 15) is 0 Å². The van der Waals surface area contributed by atoms with Gasteiger partial charge < -0.3 is 10.3 Å². The van der Waals surface area contributed by atoms with Gasteiger partial charge in [-0.05, 0) is 18.8 Å². The Kier molecular flexibility index (Phi) is 3.64.